The fourth-order valence-electron chi connectivity index (χ4n) is 10.1. The number of rotatable bonds is 24. The lowest BCUT2D eigenvalue weighted by Gasteiger charge is -2.18. The number of hydrogen-bond donors (Lipinski definition) is 0. The van der Waals surface area contributed by atoms with Gasteiger partial charge in [-0.3, -0.25) is 28.4 Å². The molecule has 0 saturated carbocycles. The molecule has 0 spiro atoms. The number of nitrogens with zero attached hydrogens (tertiary/aromatic N) is 12. The van der Waals surface area contributed by atoms with Gasteiger partial charge in [-0.1, -0.05) is 60.7 Å². The SMILES string of the molecule is CC(C)n1cc(-c2ccc3cccnc3c2)cn1.CC(C)n1cc(-c2cccc(N3CCCC3)c2)cn1.COCCOc1ccc(-c2cnn(C(C)C)c2)cc1.COCCOc1ccc(-c2cnn(C(C)C)c2)cc1OC.COCCOc1cccc(-c2cnn(C(C)C)c2)c1. The Labute approximate surface area is 567 Å². The van der Waals surface area contributed by atoms with Crippen LogP contribution in [-0.2, 0) is 14.2 Å². The van der Waals surface area contributed by atoms with Gasteiger partial charge in [0, 0.05) is 141 Å². The molecule has 1 saturated heterocycles. The van der Waals surface area contributed by atoms with E-state index in [1.807, 2.05) is 134 Å². The van der Waals surface area contributed by atoms with Gasteiger partial charge >= 0.3 is 0 Å². The van der Waals surface area contributed by atoms with Crippen molar-refractivity contribution in [2.45, 2.75) is 112 Å². The molecule has 19 nitrogen and oxygen atoms in total. The van der Waals surface area contributed by atoms with E-state index in [-0.39, 0.29) is 0 Å². The van der Waals surface area contributed by atoms with Gasteiger partial charge in [0.15, 0.2) is 11.5 Å². The number of benzene rings is 5. The Morgan fingerprint density at radius 3 is 1.24 bits per heavy atom. The molecular formula is C77H98N12O7. The third-order valence-corrected chi connectivity index (χ3v) is 15.8. The van der Waals surface area contributed by atoms with E-state index in [2.05, 4.69) is 184 Å². The molecule has 0 N–H and O–H groups in total. The van der Waals surface area contributed by atoms with Gasteiger partial charge in [-0.2, -0.15) is 25.5 Å². The normalized spacial score (nSPS) is 11.9. The summed E-state index contributed by atoms with van der Waals surface area (Å²) < 4.78 is 46.9. The van der Waals surface area contributed by atoms with E-state index in [9.17, 15) is 0 Å². The highest BCUT2D eigenvalue weighted by atomic mass is 16.5. The van der Waals surface area contributed by atoms with Crippen molar-refractivity contribution in [3.05, 3.63) is 189 Å². The van der Waals surface area contributed by atoms with E-state index in [4.69, 9.17) is 33.2 Å². The molecule has 1 aliphatic heterocycles. The van der Waals surface area contributed by atoms with Crippen LogP contribution < -0.4 is 23.8 Å². The number of anilines is 1. The van der Waals surface area contributed by atoms with Crippen molar-refractivity contribution in [3.8, 4) is 78.6 Å². The van der Waals surface area contributed by atoms with Crippen molar-refractivity contribution >= 4 is 16.6 Å². The van der Waals surface area contributed by atoms with Gasteiger partial charge < -0.3 is 38.1 Å². The zero-order chi connectivity index (χ0) is 68.3. The number of pyridine rings is 1. The molecule has 0 amide bonds. The lowest BCUT2D eigenvalue weighted by Crippen LogP contribution is -2.17. The molecule has 508 valence electrons. The van der Waals surface area contributed by atoms with Crippen molar-refractivity contribution in [2.24, 2.45) is 0 Å². The van der Waals surface area contributed by atoms with E-state index in [1.165, 1.54) is 42.7 Å². The summed E-state index contributed by atoms with van der Waals surface area (Å²) in [5.74, 6) is 3.14. The van der Waals surface area contributed by atoms with Crippen LogP contribution in [0.1, 0.15) is 112 Å². The second kappa shape index (κ2) is 36.9. The molecule has 7 heterocycles. The molecule has 6 aromatic heterocycles. The molecule has 0 atom stereocenters. The Morgan fingerprint density at radius 2 is 0.771 bits per heavy atom. The molecular weight excluding hydrogens is 1200 g/mol. The first-order valence-corrected chi connectivity index (χ1v) is 33.2. The molecule has 12 rings (SSSR count). The molecule has 1 aliphatic rings. The Kier molecular flexibility index (Phi) is 27.8. The second-order valence-electron chi connectivity index (χ2n) is 24.6. The van der Waals surface area contributed by atoms with Crippen LogP contribution in [0.15, 0.2) is 189 Å². The van der Waals surface area contributed by atoms with E-state index in [0.717, 1.165) is 72.7 Å². The number of ether oxygens (including phenoxy) is 7. The summed E-state index contributed by atoms with van der Waals surface area (Å²) in [6.07, 6.45) is 24.3. The first kappa shape index (κ1) is 72.3. The Balaban J connectivity index is 0.000000154. The Bertz CT molecular complexity index is 4040. The van der Waals surface area contributed by atoms with Crippen molar-refractivity contribution in [1.29, 1.82) is 0 Å². The zero-order valence-corrected chi connectivity index (χ0v) is 58.6. The first-order chi connectivity index (χ1) is 46.5. The maximum absolute atomic E-state index is 5.63. The van der Waals surface area contributed by atoms with Crippen molar-refractivity contribution in [3.63, 3.8) is 0 Å². The first-order valence-electron chi connectivity index (χ1n) is 33.2. The monoisotopic (exact) mass is 1300 g/mol. The van der Waals surface area contributed by atoms with Gasteiger partial charge in [0.1, 0.15) is 31.3 Å². The summed E-state index contributed by atoms with van der Waals surface area (Å²) in [7, 11) is 6.62. The number of hydrogen-bond acceptors (Lipinski definition) is 14. The average Bonchev–Trinajstić information content (AvgIpc) is 1.42. The predicted octanol–water partition coefficient (Wildman–Crippen LogP) is 16.9. The molecule has 0 aliphatic carbocycles. The molecule has 5 aromatic carbocycles. The van der Waals surface area contributed by atoms with Crippen molar-refractivity contribution < 1.29 is 33.2 Å². The summed E-state index contributed by atoms with van der Waals surface area (Å²) >= 11 is 0. The summed E-state index contributed by atoms with van der Waals surface area (Å²) in [5, 5.41) is 23.0. The van der Waals surface area contributed by atoms with Crippen LogP contribution in [0.4, 0.5) is 5.69 Å². The van der Waals surface area contributed by atoms with Gasteiger partial charge in [-0.05, 0) is 171 Å². The van der Waals surface area contributed by atoms with Gasteiger partial charge in [-0.25, -0.2) is 0 Å². The van der Waals surface area contributed by atoms with Crippen LogP contribution in [0.25, 0.3) is 66.5 Å². The smallest absolute Gasteiger partial charge is 0.161 e. The lowest BCUT2D eigenvalue weighted by atomic mass is 10.1. The topological polar surface area (TPSA) is 170 Å². The second-order valence-corrected chi connectivity index (χ2v) is 24.6. The van der Waals surface area contributed by atoms with E-state index >= 15 is 0 Å². The fraction of sp³-hybridized carbons (Fsp3) is 0.377. The average molecular weight is 1300 g/mol. The maximum Gasteiger partial charge on any atom is 0.161 e. The quantitative estimate of drug-likeness (QED) is 0.0524. The highest BCUT2D eigenvalue weighted by Crippen LogP contribution is 2.34. The predicted molar refractivity (Wildman–Crippen MR) is 386 cm³/mol. The number of methoxy groups -OCH3 is 4. The Morgan fingerprint density at radius 1 is 0.354 bits per heavy atom. The van der Waals surface area contributed by atoms with Crippen LogP contribution in [0.5, 0.6) is 23.0 Å². The molecule has 96 heavy (non-hydrogen) atoms. The molecule has 19 heteroatoms. The van der Waals surface area contributed by atoms with Gasteiger partial charge in [0.2, 0.25) is 0 Å². The van der Waals surface area contributed by atoms with Gasteiger partial charge in [-0.15, -0.1) is 0 Å². The highest BCUT2D eigenvalue weighted by Gasteiger charge is 2.15. The van der Waals surface area contributed by atoms with Gasteiger partial charge in [0.05, 0.1) is 63.4 Å². The van der Waals surface area contributed by atoms with E-state index < -0.39 is 0 Å². The van der Waals surface area contributed by atoms with Gasteiger partial charge in [0.25, 0.3) is 0 Å². The molecule has 1 fully saturated rings. The molecule has 0 radical (unpaired) electrons. The largest absolute Gasteiger partial charge is 0.493 e. The number of aromatic nitrogens is 11. The zero-order valence-electron chi connectivity index (χ0n) is 58.6. The van der Waals surface area contributed by atoms with E-state index in [0.29, 0.717) is 75.6 Å². The summed E-state index contributed by atoms with van der Waals surface area (Å²) in [6, 6.07) is 43.0. The summed E-state index contributed by atoms with van der Waals surface area (Å²) in [4.78, 5) is 6.85. The molecule has 11 aromatic rings. The minimum Gasteiger partial charge on any atom is -0.493 e. The lowest BCUT2D eigenvalue weighted by molar-refractivity contribution is 0.144. The Hall–Kier alpha value is -9.56. The maximum atomic E-state index is 5.63. The van der Waals surface area contributed by atoms with E-state index in [1.54, 1.807) is 28.4 Å². The van der Waals surface area contributed by atoms with Crippen LogP contribution in [-0.4, -0.2) is 135 Å². The van der Waals surface area contributed by atoms with Crippen LogP contribution in [0.2, 0.25) is 0 Å². The summed E-state index contributed by atoms with van der Waals surface area (Å²) in [6.45, 7) is 27.0. The molecule has 0 bridgehead atoms. The summed E-state index contributed by atoms with van der Waals surface area (Å²) in [5.41, 5.74) is 13.7. The fourth-order valence-corrected chi connectivity index (χ4v) is 10.1. The van der Waals surface area contributed by atoms with Crippen molar-refractivity contribution in [2.75, 3.05) is 86.1 Å². The highest BCUT2D eigenvalue weighted by molar-refractivity contribution is 5.84. The minimum atomic E-state index is 0.345. The minimum absolute atomic E-state index is 0.345. The molecule has 0 unspecified atom stereocenters. The third kappa shape index (κ3) is 21.2. The number of fused-ring (bicyclic) bond motifs is 1. The standard InChI is InChI=1S/C16H21N3.C16H22N2O3.C15H15N3.2C15H20N2O2/c1-13(2)19-12-15(11-17-19)14-6-5-7-16(10-14)18-8-3-4-9-18;1-12(2)18-11-14(10-17-18)13-5-6-15(16(9-13)20-4)21-8-7-19-3;1-11(2)18-10-14(9-17-18)13-6-5-12-4-3-7-16-15(12)8-13;1-12(2)17-11-14(10-16-17)13-4-6-15(7-5-13)19-9-8-18-3;1-12(2)17-11-14(10-16-17)13-5-4-6-15(9-13)19-8-7-18-3/h5-7,10-13H,3-4,8-9H2,1-2H3;5-6,9-12H,7-8H2,1-4H3;3-11H,1-2H3;4-7,10-12H,8-9H2,1-3H3;4-6,9-12H,7-8H2,1-3H3. The van der Waals surface area contributed by atoms with Crippen LogP contribution in [0, 0.1) is 0 Å². The third-order valence-electron chi connectivity index (χ3n) is 15.8. The van der Waals surface area contributed by atoms with Crippen LogP contribution >= 0.6 is 0 Å². The van der Waals surface area contributed by atoms with Crippen LogP contribution in [0.3, 0.4) is 0 Å². The van der Waals surface area contributed by atoms with Crippen molar-refractivity contribution in [1.82, 2.24) is 53.9 Å².